The van der Waals surface area contributed by atoms with Gasteiger partial charge in [0.1, 0.15) is 11.9 Å². The lowest BCUT2D eigenvalue weighted by Crippen LogP contribution is -2.59. The molecule has 17 heteroatoms. The monoisotopic (exact) mass is 703 g/mol. The Kier molecular flexibility index (Phi) is 12.2. The summed E-state index contributed by atoms with van der Waals surface area (Å²) in [5.74, 6) is -10.8. The van der Waals surface area contributed by atoms with Gasteiger partial charge in [-0.2, -0.15) is 26.3 Å². The van der Waals surface area contributed by atoms with Crippen LogP contribution in [0.25, 0.3) is 0 Å². The van der Waals surface area contributed by atoms with E-state index in [9.17, 15) is 55.0 Å². The molecule has 0 spiro atoms. The number of likely N-dealkylation sites (N-methyl/N-ethyl adjacent to an activating group) is 1. The van der Waals surface area contributed by atoms with Crippen LogP contribution in [0.4, 0.5) is 36.4 Å². The van der Waals surface area contributed by atoms with Gasteiger partial charge in [0, 0.05) is 42.9 Å². The van der Waals surface area contributed by atoms with E-state index < -0.39 is 97.5 Å². The van der Waals surface area contributed by atoms with Gasteiger partial charge < -0.3 is 16.2 Å². The average Bonchev–Trinajstić information content (AvgIpc) is 3.08. The second kappa shape index (κ2) is 15.3. The summed E-state index contributed by atoms with van der Waals surface area (Å²) < 4.78 is 93.7. The number of benzene rings is 2. The Labute approximate surface area is 277 Å². The number of primary amides is 1. The van der Waals surface area contributed by atoms with E-state index in [-0.39, 0.29) is 22.5 Å². The van der Waals surface area contributed by atoms with Gasteiger partial charge in [-0.15, -0.1) is 0 Å². The van der Waals surface area contributed by atoms with Gasteiger partial charge in [-0.3, -0.25) is 19.2 Å². The first-order valence-electron chi connectivity index (χ1n) is 15.1. The van der Waals surface area contributed by atoms with Crippen LogP contribution in [0.15, 0.2) is 47.5 Å². The van der Waals surface area contributed by atoms with Gasteiger partial charge in [0.2, 0.25) is 18.0 Å². The number of para-hydroxylation sites is 1. The maximum absolute atomic E-state index is 14.5. The molecule has 2 aromatic carbocycles. The molecule has 268 valence electrons. The van der Waals surface area contributed by atoms with Crippen LogP contribution in [0.1, 0.15) is 56.2 Å². The van der Waals surface area contributed by atoms with E-state index in [1.165, 1.54) is 25.2 Å². The average molecular weight is 704 g/mol. The van der Waals surface area contributed by atoms with Crippen LogP contribution in [0.5, 0.6) is 0 Å². The number of carboxylic acids is 1. The number of rotatable bonds is 13. The molecule has 3 rings (SSSR count). The Hall–Kier alpha value is -4.54. The molecule has 3 amide bonds. The lowest BCUT2D eigenvalue weighted by molar-refractivity contribution is -0.152. The standard InChI is InChI=1S/C32H36F7N5O5/c1-16(2)24(30(48)49)43(4)44-25-17(3)7-5-10-22(25)23(18-8-6-9-19(33)15-18)41-27(29(44)47)42-28(46)21(12-14-32(37,38)39)20(26(40)45)11-13-31(34,35)36/h5-10,15-16,20-21,24,27H,11-14H2,1-4H3,(H2,40,45)(H,42,46)(H,48,49)/t20-,21+,24-,27+/m0/s1. The summed E-state index contributed by atoms with van der Waals surface area (Å²) in [5, 5.41) is 14.3. The van der Waals surface area contributed by atoms with Crippen molar-refractivity contribution in [2.75, 3.05) is 12.1 Å². The number of anilines is 1. The van der Waals surface area contributed by atoms with Crippen molar-refractivity contribution in [2.24, 2.45) is 28.5 Å². The number of hydrazine groups is 1. The molecule has 0 unspecified atom stereocenters. The van der Waals surface area contributed by atoms with Crippen molar-refractivity contribution >= 4 is 35.1 Å². The Balaban J connectivity index is 2.25. The predicted octanol–water partition coefficient (Wildman–Crippen LogP) is 5.12. The van der Waals surface area contributed by atoms with Gasteiger partial charge in [-0.1, -0.05) is 44.2 Å². The first kappa shape index (κ1) is 38.9. The summed E-state index contributed by atoms with van der Waals surface area (Å²) in [4.78, 5) is 57.2. The highest BCUT2D eigenvalue weighted by atomic mass is 19.4. The number of aliphatic imine (C=N–C) groups is 1. The van der Waals surface area contributed by atoms with E-state index in [1.54, 1.807) is 32.9 Å². The summed E-state index contributed by atoms with van der Waals surface area (Å²) in [5.41, 5.74) is 5.99. The molecule has 1 heterocycles. The number of nitrogens with zero attached hydrogens (tertiary/aromatic N) is 3. The van der Waals surface area contributed by atoms with Crippen LogP contribution in [-0.4, -0.2) is 71.1 Å². The highest BCUT2D eigenvalue weighted by Crippen LogP contribution is 2.35. The number of nitrogens with two attached hydrogens (primary N) is 1. The largest absolute Gasteiger partial charge is 0.480 e. The quantitative estimate of drug-likeness (QED) is 0.247. The minimum absolute atomic E-state index is 0.0838. The summed E-state index contributed by atoms with van der Waals surface area (Å²) in [6.07, 6.45) is -17.4. The maximum Gasteiger partial charge on any atom is 0.389 e. The minimum Gasteiger partial charge on any atom is -0.480 e. The molecule has 4 atom stereocenters. The van der Waals surface area contributed by atoms with E-state index in [1.807, 2.05) is 0 Å². The molecular weight excluding hydrogens is 667 g/mol. The molecule has 10 nitrogen and oxygen atoms in total. The van der Waals surface area contributed by atoms with Crippen molar-refractivity contribution in [2.45, 2.75) is 71.0 Å². The number of amides is 3. The topological polar surface area (TPSA) is 145 Å². The zero-order chi connectivity index (χ0) is 37.0. The number of carbonyl (C=O) groups is 4. The molecule has 1 aliphatic heterocycles. The molecule has 0 aliphatic carbocycles. The lowest BCUT2D eigenvalue weighted by atomic mass is 9.83. The van der Waals surface area contributed by atoms with Crippen molar-refractivity contribution in [3.05, 3.63) is 65.0 Å². The number of nitrogens with one attached hydrogen (secondary N) is 1. The van der Waals surface area contributed by atoms with Crippen LogP contribution in [0.2, 0.25) is 0 Å². The van der Waals surface area contributed by atoms with Crippen molar-refractivity contribution in [1.82, 2.24) is 10.3 Å². The van der Waals surface area contributed by atoms with Crippen LogP contribution in [0, 0.1) is 30.5 Å². The van der Waals surface area contributed by atoms with Gasteiger partial charge in [-0.05, 0) is 43.4 Å². The summed E-state index contributed by atoms with van der Waals surface area (Å²) in [7, 11) is 1.28. The number of hydrogen-bond donors (Lipinski definition) is 3. The molecule has 2 aromatic rings. The molecule has 4 N–H and O–H groups in total. The zero-order valence-electron chi connectivity index (χ0n) is 26.9. The second-order valence-electron chi connectivity index (χ2n) is 12.0. The predicted molar refractivity (Wildman–Crippen MR) is 163 cm³/mol. The van der Waals surface area contributed by atoms with Crippen LogP contribution in [0.3, 0.4) is 0 Å². The molecule has 0 fully saturated rings. The number of aryl methyl sites for hydroxylation is 1. The van der Waals surface area contributed by atoms with E-state index >= 15 is 0 Å². The molecule has 49 heavy (non-hydrogen) atoms. The third-order valence-electron chi connectivity index (χ3n) is 8.05. The third-order valence-corrected chi connectivity index (χ3v) is 8.05. The van der Waals surface area contributed by atoms with Crippen molar-refractivity contribution in [3.8, 4) is 0 Å². The van der Waals surface area contributed by atoms with Crippen LogP contribution < -0.4 is 16.1 Å². The molecule has 0 saturated heterocycles. The first-order valence-corrected chi connectivity index (χ1v) is 15.1. The fourth-order valence-corrected chi connectivity index (χ4v) is 5.82. The van der Waals surface area contributed by atoms with Crippen LogP contribution in [-0.2, 0) is 19.2 Å². The van der Waals surface area contributed by atoms with Gasteiger partial charge in [-0.25, -0.2) is 19.4 Å². The number of hydrogen-bond acceptors (Lipinski definition) is 6. The van der Waals surface area contributed by atoms with Gasteiger partial charge in [0.05, 0.1) is 11.4 Å². The Bertz CT molecular complexity index is 1590. The summed E-state index contributed by atoms with van der Waals surface area (Å²) >= 11 is 0. The second-order valence-corrected chi connectivity index (χ2v) is 12.0. The normalized spacial score (nSPS) is 17.2. The van der Waals surface area contributed by atoms with Crippen molar-refractivity contribution in [1.29, 1.82) is 0 Å². The Morgan fingerprint density at radius 3 is 2.08 bits per heavy atom. The first-order chi connectivity index (χ1) is 22.6. The summed E-state index contributed by atoms with van der Waals surface area (Å²) in [6, 6.07) is 8.26. The zero-order valence-corrected chi connectivity index (χ0v) is 26.9. The van der Waals surface area contributed by atoms with Gasteiger partial charge in [0.15, 0.2) is 0 Å². The number of aliphatic carboxylic acids is 1. The number of benzodiazepines with no additional fused rings is 1. The van der Waals surface area contributed by atoms with Gasteiger partial charge in [0.25, 0.3) is 5.91 Å². The fraction of sp³-hybridized carbons (Fsp3) is 0.469. The summed E-state index contributed by atoms with van der Waals surface area (Å²) in [6.45, 7) is 4.73. The SMILES string of the molecule is Cc1cccc2c1N(N(C)[C@H](C(=O)O)C(C)C)C(=O)[C@@H](NC(=O)[C@H](CCC(F)(F)F)[C@H](CCC(F)(F)F)C(N)=O)N=C2c1cccc(F)c1. The molecule has 1 aliphatic rings. The molecule has 0 radical (unpaired) electrons. The highest BCUT2D eigenvalue weighted by Gasteiger charge is 2.44. The lowest BCUT2D eigenvalue weighted by Gasteiger charge is -2.39. The van der Waals surface area contributed by atoms with E-state index in [0.717, 1.165) is 22.2 Å². The fourth-order valence-electron chi connectivity index (χ4n) is 5.82. The third kappa shape index (κ3) is 9.77. The highest BCUT2D eigenvalue weighted by molar-refractivity contribution is 6.20. The van der Waals surface area contributed by atoms with E-state index in [0.29, 0.717) is 5.56 Å². The number of fused-ring (bicyclic) bond motifs is 1. The minimum atomic E-state index is -4.88. The van der Waals surface area contributed by atoms with Crippen LogP contribution >= 0.6 is 0 Å². The number of carbonyl (C=O) groups excluding carboxylic acids is 3. The molecular formula is C32H36F7N5O5. The van der Waals surface area contributed by atoms with Crippen molar-refractivity contribution in [3.63, 3.8) is 0 Å². The van der Waals surface area contributed by atoms with Gasteiger partial charge >= 0.3 is 18.3 Å². The molecule has 0 aromatic heterocycles. The number of carboxylic acid groups (broad SMARTS) is 1. The van der Waals surface area contributed by atoms with E-state index in [2.05, 4.69) is 10.3 Å². The smallest absolute Gasteiger partial charge is 0.389 e. The molecule has 0 bridgehead atoms. The number of alkyl halides is 6. The Morgan fingerprint density at radius 2 is 1.57 bits per heavy atom. The maximum atomic E-state index is 14.5. The van der Waals surface area contributed by atoms with Crippen molar-refractivity contribution < 1.29 is 55.0 Å². The number of halogens is 7. The Morgan fingerprint density at radius 1 is 1.00 bits per heavy atom. The molecule has 0 saturated carbocycles. The van der Waals surface area contributed by atoms with E-state index in [4.69, 9.17) is 5.73 Å².